The van der Waals surface area contributed by atoms with E-state index in [0.29, 0.717) is 0 Å². The maximum absolute atomic E-state index is 9.40. The first kappa shape index (κ1) is 11.0. The van der Waals surface area contributed by atoms with Crippen molar-refractivity contribution < 1.29 is 5.11 Å². The largest absolute Gasteiger partial charge is 0.390 e. The Morgan fingerprint density at radius 2 is 1.40 bits per heavy atom. The SMILES string of the molecule is CSC(SC)(SC)C(C)O. The van der Waals surface area contributed by atoms with E-state index in [1.807, 2.05) is 25.7 Å². The van der Waals surface area contributed by atoms with Crippen molar-refractivity contribution in [1.82, 2.24) is 0 Å². The first-order valence-electron chi connectivity index (χ1n) is 2.96. The van der Waals surface area contributed by atoms with Crippen molar-refractivity contribution in [3.8, 4) is 0 Å². The van der Waals surface area contributed by atoms with Crippen molar-refractivity contribution in [2.75, 3.05) is 18.8 Å². The van der Waals surface area contributed by atoms with Crippen LogP contribution in [0, 0.1) is 0 Å². The third-order valence-corrected chi connectivity index (χ3v) is 7.10. The highest BCUT2D eigenvalue weighted by Crippen LogP contribution is 2.45. The average molecular weight is 198 g/mol. The van der Waals surface area contributed by atoms with E-state index in [2.05, 4.69) is 0 Å². The Morgan fingerprint density at radius 1 is 1.10 bits per heavy atom. The zero-order valence-electron chi connectivity index (χ0n) is 6.75. The molecule has 1 unspecified atom stereocenters. The van der Waals surface area contributed by atoms with E-state index in [9.17, 15) is 5.11 Å². The number of hydrogen-bond donors (Lipinski definition) is 1. The van der Waals surface area contributed by atoms with Crippen molar-refractivity contribution in [3.63, 3.8) is 0 Å². The minimum atomic E-state index is -0.271. The van der Waals surface area contributed by atoms with Gasteiger partial charge in [-0.05, 0) is 25.7 Å². The molecule has 1 atom stereocenters. The van der Waals surface area contributed by atoms with Crippen molar-refractivity contribution in [2.24, 2.45) is 0 Å². The summed E-state index contributed by atoms with van der Waals surface area (Å²) in [5.74, 6) is 0. The molecule has 0 amide bonds. The molecule has 0 rings (SSSR count). The Bertz CT molecular complexity index is 82.7. The summed E-state index contributed by atoms with van der Waals surface area (Å²) >= 11 is 5.10. The summed E-state index contributed by atoms with van der Waals surface area (Å²) in [6.07, 6.45) is 5.81. The maximum atomic E-state index is 9.40. The van der Waals surface area contributed by atoms with Crippen LogP contribution in [0.1, 0.15) is 6.92 Å². The lowest BCUT2D eigenvalue weighted by Crippen LogP contribution is -2.28. The molecule has 1 N–H and O–H groups in total. The maximum Gasteiger partial charge on any atom is 0.132 e. The van der Waals surface area contributed by atoms with Crippen molar-refractivity contribution in [3.05, 3.63) is 0 Å². The highest BCUT2D eigenvalue weighted by atomic mass is 32.3. The third kappa shape index (κ3) is 2.26. The summed E-state index contributed by atoms with van der Waals surface area (Å²) in [7, 11) is 0. The quantitative estimate of drug-likeness (QED) is 0.698. The summed E-state index contributed by atoms with van der Waals surface area (Å²) in [6, 6.07) is 0. The summed E-state index contributed by atoms with van der Waals surface area (Å²) in [6.45, 7) is 1.84. The standard InChI is InChI=1S/C6H14OS3/c1-5(7)6(8-2,9-3)10-4/h5,7H,1-4H3. The Balaban J connectivity index is 4.15. The van der Waals surface area contributed by atoms with Gasteiger partial charge in [-0.15, -0.1) is 35.3 Å². The molecule has 0 saturated carbocycles. The predicted octanol–water partition coefficient (Wildman–Crippen LogP) is 2.11. The van der Waals surface area contributed by atoms with E-state index in [0.717, 1.165) is 0 Å². The van der Waals surface area contributed by atoms with Crippen LogP contribution < -0.4 is 0 Å². The fourth-order valence-corrected chi connectivity index (χ4v) is 3.79. The molecule has 4 heteroatoms. The van der Waals surface area contributed by atoms with Gasteiger partial charge < -0.3 is 5.11 Å². The highest BCUT2D eigenvalue weighted by molar-refractivity contribution is 8.33. The van der Waals surface area contributed by atoms with E-state index < -0.39 is 0 Å². The second kappa shape index (κ2) is 4.80. The molecular weight excluding hydrogens is 184 g/mol. The van der Waals surface area contributed by atoms with E-state index >= 15 is 0 Å². The Kier molecular flexibility index (Phi) is 5.29. The van der Waals surface area contributed by atoms with E-state index in [1.54, 1.807) is 35.3 Å². The Hall–Kier alpha value is 1.01. The van der Waals surface area contributed by atoms with Crippen LogP contribution in [0.25, 0.3) is 0 Å². The van der Waals surface area contributed by atoms with Crippen LogP contribution in [0.15, 0.2) is 0 Å². The zero-order valence-corrected chi connectivity index (χ0v) is 9.20. The number of aliphatic hydroxyl groups is 1. The first-order chi connectivity index (χ1) is 4.63. The smallest absolute Gasteiger partial charge is 0.132 e. The average Bonchev–Trinajstić information content (AvgIpc) is 1.92. The summed E-state index contributed by atoms with van der Waals surface area (Å²) in [5.41, 5.74) is 0. The predicted molar refractivity (Wildman–Crippen MR) is 55.0 cm³/mol. The monoisotopic (exact) mass is 198 g/mol. The summed E-state index contributed by atoms with van der Waals surface area (Å²) < 4.78 is -0.0694. The molecule has 0 heterocycles. The normalized spacial score (nSPS) is 15.3. The Labute approximate surface area is 75.7 Å². The molecule has 10 heavy (non-hydrogen) atoms. The van der Waals surface area contributed by atoms with E-state index in [4.69, 9.17) is 0 Å². The molecule has 0 fully saturated rings. The van der Waals surface area contributed by atoms with Gasteiger partial charge in [0.2, 0.25) is 0 Å². The van der Waals surface area contributed by atoms with Gasteiger partial charge in [0.25, 0.3) is 0 Å². The number of aliphatic hydroxyl groups excluding tert-OH is 1. The Morgan fingerprint density at radius 3 is 1.40 bits per heavy atom. The van der Waals surface area contributed by atoms with Crippen LogP contribution in [0.3, 0.4) is 0 Å². The molecule has 0 aromatic carbocycles. The van der Waals surface area contributed by atoms with Gasteiger partial charge in [0.15, 0.2) is 0 Å². The summed E-state index contributed by atoms with van der Waals surface area (Å²) in [4.78, 5) is 0. The molecule has 0 aromatic heterocycles. The second-order valence-electron chi connectivity index (χ2n) is 1.89. The second-order valence-corrected chi connectivity index (χ2v) is 5.82. The van der Waals surface area contributed by atoms with Gasteiger partial charge in [0, 0.05) is 0 Å². The fourth-order valence-electron chi connectivity index (χ4n) is 0.762. The molecule has 0 radical (unpaired) electrons. The van der Waals surface area contributed by atoms with Crippen molar-refractivity contribution in [1.29, 1.82) is 0 Å². The van der Waals surface area contributed by atoms with Gasteiger partial charge in [-0.2, -0.15) is 0 Å². The zero-order chi connectivity index (χ0) is 8.20. The number of hydrogen-bond acceptors (Lipinski definition) is 4. The lowest BCUT2D eigenvalue weighted by Gasteiger charge is -2.30. The third-order valence-electron chi connectivity index (χ3n) is 1.37. The number of thioether (sulfide) groups is 3. The molecule has 0 spiro atoms. The lowest BCUT2D eigenvalue weighted by molar-refractivity contribution is 0.205. The highest BCUT2D eigenvalue weighted by Gasteiger charge is 2.32. The fraction of sp³-hybridized carbons (Fsp3) is 1.00. The van der Waals surface area contributed by atoms with Gasteiger partial charge in [-0.3, -0.25) is 0 Å². The van der Waals surface area contributed by atoms with Crippen molar-refractivity contribution >= 4 is 35.3 Å². The van der Waals surface area contributed by atoms with Crippen LogP contribution in [0.4, 0.5) is 0 Å². The molecule has 0 aliphatic carbocycles. The molecule has 62 valence electrons. The molecule has 1 nitrogen and oxygen atoms in total. The van der Waals surface area contributed by atoms with Gasteiger partial charge in [-0.1, -0.05) is 0 Å². The molecule has 0 saturated heterocycles. The molecule has 0 aliphatic rings. The van der Waals surface area contributed by atoms with Gasteiger partial charge in [0.05, 0.1) is 6.10 Å². The first-order valence-corrected chi connectivity index (χ1v) is 6.64. The molecule has 0 aromatic rings. The van der Waals surface area contributed by atoms with Crippen LogP contribution >= 0.6 is 35.3 Å². The van der Waals surface area contributed by atoms with Crippen LogP contribution in [0.5, 0.6) is 0 Å². The molecule has 0 bridgehead atoms. The van der Waals surface area contributed by atoms with E-state index in [1.165, 1.54) is 0 Å². The van der Waals surface area contributed by atoms with Gasteiger partial charge in [0.1, 0.15) is 3.41 Å². The number of rotatable bonds is 4. The molecule has 0 aliphatic heterocycles. The van der Waals surface area contributed by atoms with Crippen LogP contribution in [0.2, 0.25) is 0 Å². The van der Waals surface area contributed by atoms with E-state index in [-0.39, 0.29) is 9.52 Å². The van der Waals surface area contributed by atoms with Crippen molar-refractivity contribution in [2.45, 2.75) is 16.4 Å². The summed E-state index contributed by atoms with van der Waals surface area (Å²) in [5, 5.41) is 9.40. The topological polar surface area (TPSA) is 20.2 Å². The minimum Gasteiger partial charge on any atom is -0.390 e. The minimum absolute atomic E-state index is 0.0694. The molecular formula is C6H14OS3. The van der Waals surface area contributed by atoms with Gasteiger partial charge >= 0.3 is 0 Å². The lowest BCUT2D eigenvalue weighted by atomic mass is 10.5. The van der Waals surface area contributed by atoms with Crippen LogP contribution in [-0.2, 0) is 0 Å². The van der Waals surface area contributed by atoms with Crippen LogP contribution in [-0.4, -0.2) is 33.4 Å². The van der Waals surface area contributed by atoms with Gasteiger partial charge in [-0.25, -0.2) is 0 Å².